The second kappa shape index (κ2) is 7.36. The highest BCUT2D eigenvalue weighted by atomic mass is 35.5. The molecule has 1 heterocycles. The van der Waals surface area contributed by atoms with Crippen LogP contribution in [0.2, 0.25) is 5.02 Å². The molecule has 0 bridgehead atoms. The van der Waals surface area contributed by atoms with Crippen LogP contribution in [-0.2, 0) is 6.54 Å². The summed E-state index contributed by atoms with van der Waals surface area (Å²) in [5.41, 5.74) is 0.827. The van der Waals surface area contributed by atoms with Gasteiger partial charge in [0.25, 0.3) is 5.91 Å². The molecule has 128 valence electrons. The van der Waals surface area contributed by atoms with Crippen LogP contribution >= 0.6 is 11.6 Å². The number of benzene rings is 2. The van der Waals surface area contributed by atoms with Gasteiger partial charge in [-0.2, -0.15) is 5.10 Å². The first-order chi connectivity index (χ1) is 12.1. The first-order valence-corrected chi connectivity index (χ1v) is 7.86. The lowest BCUT2D eigenvalue weighted by atomic mass is 10.2. The third-order valence-electron chi connectivity index (χ3n) is 3.62. The molecule has 0 radical (unpaired) electrons. The lowest BCUT2D eigenvalue weighted by molar-refractivity contribution is 0.102. The molecule has 0 fully saturated rings. The van der Waals surface area contributed by atoms with Gasteiger partial charge in [-0.1, -0.05) is 17.7 Å². The molecule has 3 aromatic rings. The zero-order valence-corrected chi connectivity index (χ0v) is 14.1. The quantitative estimate of drug-likeness (QED) is 0.749. The molecule has 7 heteroatoms. The summed E-state index contributed by atoms with van der Waals surface area (Å²) in [5.74, 6) is 0.347. The van der Waals surface area contributed by atoms with Crippen molar-refractivity contribution in [2.45, 2.75) is 6.54 Å². The lowest BCUT2D eigenvalue weighted by Gasteiger charge is -2.06. The van der Waals surface area contributed by atoms with E-state index in [2.05, 4.69) is 10.4 Å². The largest absolute Gasteiger partial charge is 0.497 e. The Morgan fingerprint density at radius 1 is 1.24 bits per heavy atom. The molecule has 0 atom stereocenters. The first kappa shape index (κ1) is 17.0. The number of aromatic nitrogens is 2. The Morgan fingerprint density at radius 3 is 2.68 bits per heavy atom. The molecule has 0 aliphatic rings. The van der Waals surface area contributed by atoms with Crippen LogP contribution in [0, 0.1) is 5.82 Å². The number of amides is 1. The maximum Gasteiger partial charge on any atom is 0.256 e. The van der Waals surface area contributed by atoms with E-state index in [1.807, 2.05) is 0 Å². The third kappa shape index (κ3) is 3.97. The van der Waals surface area contributed by atoms with Crippen molar-refractivity contribution in [2.24, 2.45) is 0 Å². The predicted octanol–water partition coefficient (Wildman–Crippen LogP) is 3.98. The molecule has 5 nitrogen and oxygen atoms in total. The number of hydrogen-bond donors (Lipinski definition) is 1. The van der Waals surface area contributed by atoms with Crippen LogP contribution in [0.15, 0.2) is 54.7 Å². The first-order valence-electron chi connectivity index (χ1n) is 7.48. The molecule has 1 amide bonds. The smallest absolute Gasteiger partial charge is 0.256 e. The zero-order valence-electron chi connectivity index (χ0n) is 13.4. The molecule has 0 saturated heterocycles. The van der Waals surface area contributed by atoms with Gasteiger partial charge in [0.1, 0.15) is 11.6 Å². The number of anilines is 1. The topological polar surface area (TPSA) is 56.1 Å². The van der Waals surface area contributed by atoms with Crippen LogP contribution in [0.25, 0.3) is 0 Å². The zero-order chi connectivity index (χ0) is 17.8. The summed E-state index contributed by atoms with van der Waals surface area (Å²) in [5, 5.41) is 7.25. The second-order valence-corrected chi connectivity index (χ2v) is 5.69. The third-order valence-corrected chi connectivity index (χ3v) is 3.97. The number of halogens is 2. The fourth-order valence-electron chi connectivity index (χ4n) is 2.29. The van der Waals surface area contributed by atoms with Gasteiger partial charge in [0.05, 0.1) is 13.7 Å². The minimum Gasteiger partial charge on any atom is -0.497 e. The molecule has 0 aliphatic heterocycles. The van der Waals surface area contributed by atoms with Gasteiger partial charge in [0, 0.05) is 28.4 Å². The van der Waals surface area contributed by atoms with Crippen molar-refractivity contribution in [1.29, 1.82) is 0 Å². The van der Waals surface area contributed by atoms with Gasteiger partial charge in [0.2, 0.25) is 0 Å². The van der Waals surface area contributed by atoms with Crippen molar-refractivity contribution in [2.75, 3.05) is 12.4 Å². The predicted molar refractivity (Wildman–Crippen MR) is 93.7 cm³/mol. The monoisotopic (exact) mass is 359 g/mol. The molecule has 1 N–H and O–H groups in total. The van der Waals surface area contributed by atoms with E-state index in [1.54, 1.807) is 55.8 Å². The van der Waals surface area contributed by atoms with E-state index in [4.69, 9.17) is 16.3 Å². The van der Waals surface area contributed by atoms with E-state index >= 15 is 0 Å². The maximum absolute atomic E-state index is 13.8. The van der Waals surface area contributed by atoms with E-state index in [1.165, 1.54) is 10.7 Å². The van der Waals surface area contributed by atoms with Crippen molar-refractivity contribution in [3.8, 4) is 5.75 Å². The highest BCUT2D eigenvalue weighted by molar-refractivity contribution is 6.31. The minimum absolute atomic E-state index is 0.171. The van der Waals surface area contributed by atoms with Crippen LogP contribution in [0.1, 0.15) is 15.9 Å². The molecule has 3 rings (SSSR count). The number of nitrogens with zero attached hydrogens (tertiary/aromatic N) is 2. The van der Waals surface area contributed by atoms with Crippen molar-refractivity contribution >= 4 is 23.3 Å². The van der Waals surface area contributed by atoms with Crippen molar-refractivity contribution in [1.82, 2.24) is 9.78 Å². The number of carbonyl (C=O) groups is 1. The molecule has 2 aromatic carbocycles. The molecular weight excluding hydrogens is 345 g/mol. The molecule has 0 spiro atoms. The Labute approximate surface area is 149 Å². The molecule has 0 aliphatic carbocycles. The summed E-state index contributed by atoms with van der Waals surface area (Å²) < 4.78 is 20.4. The maximum atomic E-state index is 13.8. The van der Waals surface area contributed by atoms with Crippen LogP contribution in [0.3, 0.4) is 0 Å². The highest BCUT2D eigenvalue weighted by Gasteiger charge is 2.11. The molecule has 0 unspecified atom stereocenters. The molecular formula is C18H15ClFN3O2. The Morgan fingerprint density at radius 2 is 2.00 bits per heavy atom. The van der Waals surface area contributed by atoms with Crippen molar-refractivity contribution < 1.29 is 13.9 Å². The van der Waals surface area contributed by atoms with Crippen LogP contribution in [-0.4, -0.2) is 22.8 Å². The number of carbonyl (C=O) groups excluding carboxylic acids is 1. The highest BCUT2D eigenvalue weighted by Crippen LogP contribution is 2.20. The van der Waals surface area contributed by atoms with Crippen molar-refractivity contribution in [3.05, 3.63) is 76.7 Å². The molecule has 0 saturated carbocycles. The van der Waals surface area contributed by atoms with E-state index in [9.17, 15) is 9.18 Å². The van der Waals surface area contributed by atoms with E-state index in [-0.39, 0.29) is 12.5 Å². The van der Waals surface area contributed by atoms with Crippen LogP contribution < -0.4 is 10.1 Å². The summed E-state index contributed by atoms with van der Waals surface area (Å²) >= 11 is 6.01. The fraction of sp³-hybridized carbons (Fsp3) is 0.111. The summed E-state index contributed by atoms with van der Waals surface area (Å²) in [6.45, 7) is 0.171. The molecule has 1 aromatic heterocycles. The van der Waals surface area contributed by atoms with Gasteiger partial charge >= 0.3 is 0 Å². The SMILES string of the molecule is COc1ccc(C(=O)Nc2ccn(Cc3c(F)cccc3Cl)n2)cc1. The average Bonchev–Trinajstić information content (AvgIpc) is 3.05. The van der Waals surface area contributed by atoms with Gasteiger partial charge in [-0.15, -0.1) is 0 Å². The van der Waals surface area contributed by atoms with Crippen LogP contribution in [0.4, 0.5) is 10.2 Å². The van der Waals surface area contributed by atoms with E-state index < -0.39 is 5.82 Å². The number of methoxy groups -OCH3 is 1. The summed E-state index contributed by atoms with van der Waals surface area (Å²) in [4.78, 5) is 12.2. The average molecular weight is 360 g/mol. The van der Waals surface area contributed by atoms with Gasteiger partial charge in [-0.25, -0.2) is 4.39 Å². The van der Waals surface area contributed by atoms with E-state index in [0.717, 1.165) is 0 Å². The van der Waals surface area contributed by atoms with Crippen molar-refractivity contribution in [3.63, 3.8) is 0 Å². The fourth-order valence-corrected chi connectivity index (χ4v) is 2.52. The molecule has 25 heavy (non-hydrogen) atoms. The summed E-state index contributed by atoms with van der Waals surface area (Å²) in [6.07, 6.45) is 1.65. The van der Waals surface area contributed by atoms with E-state index in [0.29, 0.717) is 27.7 Å². The Hall–Kier alpha value is -2.86. The summed E-state index contributed by atoms with van der Waals surface area (Å²) in [7, 11) is 1.56. The Balaban J connectivity index is 1.70. The van der Waals surface area contributed by atoms with Gasteiger partial charge in [-0.3, -0.25) is 9.48 Å². The van der Waals surface area contributed by atoms with Gasteiger partial charge in [-0.05, 0) is 36.4 Å². The normalized spacial score (nSPS) is 10.5. The Bertz CT molecular complexity index is 873. The van der Waals surface area contributed by atoms with Crippen LogP contribution in [0.5, 0.6) is 5.75 Å². The number of hydrogen-bond acceptors (Lipinski definition) is 3. The minimum atomic E-state index is -0.396. The summed E-state index contributed by atoms with van der Waals surface area (Å²) in [6, 6.07) is 12.9. The number of rotatable bonds is 5. The van der Waals surface area contributed by atoms with Gasteiger partial charge in [0.15, 0.2) is 5.82 Å². The standard InChI is InChI=1S/C18H15ClFN3O2/c1-25-13-7-5-12(6-8-13)18(24)21-17-9-10-23(22-17)11-14-15(19)3-2-4-16(14)20/h2-10H,11H2,1H3,(H,21,22,24). The Kier molecular flexibility index (Phi) is 5.00. The van der Waals surface area contributed by atoms with Gasteiger partial charge < -0.3 is 10.1 Å². The number of nitrogens with one attached hydrogen (secondary N) is 1. The number of ether oxygens (including phenoxy) is 1. The lowest BCUT2D eigenvalue weighted by Crippen LogP contribution is -2.13. The second-order valence-electron chi connectivity index (χ2n) is 5.28.